The van der Waals surface area contributed by atoms with Crippen LogP contribution in [-0.4, -0.2) is 61.7 Å². The minimum absolute atomic E-state index is 0.0126. The van der Waals surface area contributed by atoms with Crippen LogP contribution in [0, 0.1) is 0 Å². The van der Waals surface area contributed by atoms with Crippen molar-refractivity contribution in [3.05, 3.63) is 64.3 Å². The third-order valence-electron chi connectivity index (χ3n) is 7.43. The lowest BCUT2D eigenvalue weighted by Crippen LogP contribution is -2.43. The first-order chi connectivity index (χ1) is 17.5. The summed E-state index contributed by atoms with van der Waals surface area (Å²) < 4.78 is 35.3. The number of sulfonamides is 1. The van der Waals surface area contributed by atoms with E-state index in [1.54, 1.807) is 4.31 Å². The average molecular weight is 581 g/mol. The predicted octanol–water partition coefficient (Wildman–Crippen LogP) is 6.43. The summed E-state index contributed by atoms with van der Waals surface area (Å²) in [7, 11) is -4.58. The van der Waals surface area contributed by atoms with Gasteiger partial charge >= 0.3 is 0 Å². The van der Waals surface area contributed by atoms with Gasteiger partial charge in [0.25, 0.3) is 0 Å². The zero-order chi connectivity index (χ0) is 26.4. The highest BCUT2D eigenvalue weighted by Gasteiger charge is 2.32. The summed E-state index contributed by atoms with van der Waals surface area (Å²) in [6, 6.07) is 14.8. The molecule has 1 saturated heterocycles. The number of piperidine rings is 1. The molecular weight excluding hydrogens is 545 g/mol. The largest absolute Gasteiger partial charge is 0.490 e. The van der Waals surface area contributed by atoms with Crippen molar-refractivity contribution in [2.24, 2.45) is 0 Å². The van der Waals surface area contributed by atoms with Crippen molar-refractivity contribution < 1.29 is 13.2 Å². The molecule has 0 spiro atoms. The van der Waals surface area contributed by atoms with E-state index in [4.69, 9.17) is 28.1 Å². The van der Waals surface area contributed by atoms with Crippen LogP contribution in [0.15, 0.2) is 42.5 Å². The molecule has 200 valence electrons. The summed E-state index contributed by atoms with van der Waals surface area (Å²) in [6.45, 7) is 8.42. The fraction of sp³-hybridized carbons (Fsp3) is 0.481. The number of aromatic amines is 1. The SMILES string of the molecule is C[Si](C)(C)CCS(=O)(=O)N1CCC(Oc2ccc(C3c4[nH]c5ccc(Cl)cc5c4CCN3Cl)cc2)CC1. The van der Waals surface area contributed by atoms with Gasteiger partial charge in [0.15, 0.2) is 0 Å². The third-order valence-corrected chi connectivity index (χ3v) is 12.0. The fourth-order valence-electron chi connectivity index (χ4n) is 5.27. The Balaban J connectivity index is 1.24. The number of ether oxygens (including phenoxy) is 1. The molecule has 1 aromatic heterocycles. The molecule has 2 aliphatic rings. The summed E-state index contributed by atoms with van der Waals surface area (Å²) in [5, 5.41) is 1.89. The van der Waals surface area contributed by atoms with E-state index < -0.39 is 18.1 Å². The smallest absolute Gasteiger partial charge is 0.213 e. The van der Waals surface area contributed by atoms with Crippen LogP contribution in [0.2, 0.25) is 30.7 Å². The number of benzene rings is 2. The maximum absolute atomic E-state index is 12.8. The molecule has 3 aromatic rings. The minimum atomic E-state index is -3.19. The lowest BCUT2D eigenvalue weighted by atomic mass is 9.94. The van der Waals surface area contributed by atoms with Gasteiger partial charge in [0.2, 0.25) is 10.0 Å². The van der Waals surface area contributed by atoms with Crippen LogP contribution in [0.1, 0.15) is 35.7 Å². The number of hydrogen-bond acceptors (Lipinski definition) is 4. The van der Waals surface area contributed by atoms with Crippen LogP contribution in [0.5, 0.6) is 5.75 Å². The van der Waals surface area contributed by atoms with E-state index in [0.717, 1.165) is 51.9 Å². The van der Waals surface area contributed by atoms with Gasteiger partial charge in [0.05, 0.1) is 11.8 Å². The average Bonchev–Trinajstić information content (AvgIpc) is 3.21. The third kappa shape index (κ3) is 6.05. The molecule has 0 aliphatic carbocycles. The molecule has 0 saturated carbocycles. The van der Waals surface area contributed by atoms with Crippen molar-refractivity contribution in [1.82, 2.24) is 13.7 Å². The van der Waals surface area contributed by atoms with Gasteiger partial charge in [0.1, 0.15) is 11.9 Å². The summed E-state index contributed by atoms with van der Waals surface area (Å²) in [5.41, 5.74) is 4.53. The molecule has 0 bridgehead atoms. The number of aromatic nitrogens is 1. The molecule has 2 aromatic carbocycles. The number of nitrogens with one attached hydrogen (secondary N) is 1. The van der Waals surface area contributed by atoms with Crippen LogP contribution < -0.4 is 4.74 Å². The predicted molar refractivity (Wildman–Crippen MR) is 155 cm³/mol. The first-order valence-corrected chi connectivity index (χ1v) is 19.0. The Labute approximate surface area is 231 Å². The zero-order valence-corrected chi connectivity index (χ0v) is 25.0. The maximum Gasteiger partial charge on any atom is 0.213 e. The van der Waals surface area contributed by atoms with E-state index in [0.29, 0.717) is 25.9 Å². The number of H-pyrrole nitrogens is 1. The number of hydrogen-bond donors (Lipinski definition) is 1. The van der Waals surface area contributed by atoms with Gasteiger partial charge in [-0.2, -0.15) is 0 Å². The monoisotopic (exact) mass is 579 g/mol. The van der Waals surface area contributed by atoms with Gasteiger partial charge in [-0.15, -0.1) is 0 Å². The molecule has 10 heteroatoms. The van der Waals surface area contributed by atoms with Gasteiger partial charge in [-0.25, -0.2) is 17.1 Å². The molecule has 0 amide bonds. The maximum atomic E-state index is 12.8. The van der Waals surface area contributed by atoms with Crippen LogP contribution in [-0.2, 0) is 16.4 Å². The molecule has 37 heavy (non-hydrogen) atoms. The molecule has 1 N–H and O–H groups in total. The Bertz CT molecular complexity index is 1360. The van der Waals surface area contributed by atoms with Crippen LogP contribution in [0.25, 0.3) is 10.9 Å². The molecule has 6 nitrogen and oxygen atoms in total. The molecule has 1 fully saturated rings. The summed E-state index contributed by atoms with van der Waals surface area (Å²) in [4.78, 5) is 3.57. The van der Waals surface area contributed by atoms with Gasteiger partial charge < -0.3 is 9.72 Å². The Kier molecular flexibility index (Phi) is 7.70. The number of nitrogens with zero attached hydrogens (tertiary/aromatic N) is 2. The first-order valence-electron chi connectivity index (χ1n) is 13.0. The van der Waals surface area contributed by atoms with E-state index >= 15 is 0 Å². The second-order valence-electron chi connectivity index (χ2n) is 11.4. The molecule has 1 atom stereocenters. The molecule has 2 aliphatic heterocycles. The Morgan fingerprint density at radius 3 is 2.43 bits per heavy atom. The van der Waals surface area contributed by atoms with Crippen molar-refractivity contribution in [1.29, 1.82) is 0 Å². The summed E-state index contributed by atoms with van der Waals surface area (Å²) >= 11 is 13.0. The fourth-order valence-corrected chi connectivity index (χ4v) is 10.2. The lowest BCUT2D eigenvalue weighted by molar-refractivity contribution is 0.135. The lowest BCUT2D eigenvalue weighted by Gasteiger charge is -2.32. The molecular formula is C27H35Cl2N3O3SSi. The highest BCUT2D eigenvalue weighted by Crippen LogP contribution is 2.40. The van der Waals surface area contributed by atoms with E-state index in [2.05, 4.69) is 36.8 Å². The normalized spacial score (nSPS) is 20.3. The van der Waals surface area contributed by atoms with Gasteiger partial charge in [-0.1, -0.05) is 43.4 Å². The van der Waals surface area contributed by atoms with E-state index in [1.807, 2.05) is 34.8 Å². The van der Waals surface area contributed by atoms with Crippen LogP contribution in [0.4, 0.5) is 0 Å². The Hall–Kier alpha value is -1.55. The van der Waals surface area contributed by atoms with Crippen molar-refractivity contribution in [2.45, 2.75) is 57.1 Å². The quantitative estimate of drug-likeness (QED) is 0.258. The van der Waals surface area contributed by atoms with Crippen LogP contribution in [0.3, 0.4) is 0 Å². The second kappa shape index (κ2) is 10.5. The van der Waals surface area contributed by atoms with E-state index in [1.165, 1.54) is 5.56 Å². The number of fused-ring (bicyclic) bond motifs is 3. The number of rotatable bonds is 7. The van der Waals surface area contributed by atoms with E-state index in [9.17, 15) is 8.42 Å². The summed E-state index contributed by atoms with van der Waals surface area (Å²) in [5.74, 6) is 1.06. The van der Waals surface area contributed by atoms with Crippen molar-refractivity contribution >= 4 is 52.4 Å². The minimum Gasteiger partial charge on any atom is -0.490 e. The van der Waals surface area contributed by atoms with Gasteiger partial charge in [-0.3, -0.25) is 0 Å². The molecule has 0 radical (unpaired) electrons. The standard InChI is InChI=1S/C27H35Cl2N3O3SSi/c1-37(2,3)17-16-36(33,34)31-13-10-22(11-14-31)35-21-7-4-19(5-8-21)27-26-23(12-15-32(27)29)24-18-20(28)6-9-25(24)30-26/h4-9,18,22,27,30H,10-17H2,1-3H3. The second-order valence-corrected chi connectivity index (χ2v) is 20.0. The highest BCUT2D eigenvalue weighted by atomic mass is 35.5. The summed E-state index contributed by atoms with van der Waals surface area (Å²) in [6.07, 6.45) is 2.28. The molecule has 5 rings (SSSR count). The topological polar surface area (TPSA) is 65.6 Å². The number of halogens is 2. The van der Waals surface area contributed by atoms with Gasteiger partial charge in [-0.05, 0) is 78.5 Å². The molecule has 1 unspecified atom stereocenters. The molecule has 3 heterocycles. The van der Waals surface area contributed by atoms with Crippen molar-refractivity contribution in [3.8, 4) is 5.75 Å². The Morgan fingerprint density at radius 1 is 1.05 bits per heavy atom. The van der Waals surface area contributed by atoms with Crippen molar-refractivity contribution in [2.75, 3.05) is 25.4 Å². The Morgan fingerprint density at radius 2 is 1.76 bits per heavy atom. The van der Waals surface area contributed by atoms with E-state index in [-0.39, 0.29) is 17.9 Å². The van der Waals surface area contributed by atoms with Crippen molar-refractivity contribution in [3.63, 3.8) is 0 Å². The highest BCUT2D eigenvalue weighted by molar-refractivity contribution is 7.89. The zero-order valence-electron chi connectivity index (χ0n) is 21.6. The first kappa shape index (κ1) is 27.0. The van der Waals surface area contributed by atoms with Gasteiger partial charge in [0, 0.05) is 49.3 Å². The van der Waals surface area contributed by atoms with Crippen LogP contribution >= 0.6 is 23.4 Å².